The number of nitrogens with one attached hydrogen (secondary N) is 1. The molecule has 0 radical (unpaired) electrons. The molecule has 0 aliphatic carbocycles. The van der Waals surface area contributed by atoms with Crippen molar-refractivity contribution < 1.29 is 9.90 Å². The second-order valence-electron chi connectivity index (χ2n) is 4.55. The summed E-state index contributed by atoms with van der Waals surface area (Å²) in [6.07, 6.45) is 0. The van der Waals surface area contributed by atoms with Crippen LogP contribution < -0.4 is 5.32 Å². The zero-order valence-electron chi connectivity index (χ0n) is 11.1. The molecule has 2 N–H and O–H groups in total. The van der Waals surface area contributed by atoms with Crippen LogP contribution >= 0.6 is 39.1 Å². The predicted molar refractivity (Wildman–Crippen MR) is 89.6 cm³/mol. The van der Waals surface area contributed by atoms with E-state index in [4.69, 9.17) is 28.3 Å². The molecule has 3 nitrogen and oxygen atoms in total. The predicted octanol–water partition coefficient (Wildman–Crippen LogP) is 5.37. The molecule has 0 saturated carbocycles. The molecule has 2 aromatic rings. The van der Waals surface area contributed by atoms with E-state index in [2.05, 4.69) is 21.2 Å². The Morgan fingerprint density at radius 1 is 1.24 bits per heavy atom. The monoisotopic (exact) mass is 387 g/mol. The second-order valence-corrected chi connectivity index (χ2v) is 6.21. The third-order valence-corrected chi connectivity index (χ3v) is 4.48. The van der Waals surface area contributed by atoms with E-state index < -0.39 is 5.97 Å². The van der Waals surface area contributed by atoms with E-state index in [0.717, 1.165) is 21.3 Å². The van der Waals surface area contributed by atoms with Crippen LogP contribution in [-0.2, 0) is 6.54 Å². The second kappa shape index (κ2) is 6.69. The molecule has 6 heteroatoms. The lowest BCUT2D eigenvalue weighted by Gasteiger charge is -2.12. The minimum absolute atomic E-state index is 0.238. The Labute approximate surface area is 141 Å². The number of anilines is 1. The average Bonchev–Trinajstić information content (AvgIpc) is 2.42. The Morgan fingerprint density at radius 2 is 1.95 bits per heavy atom. The Bertz CT molecular complexity index is 704. The standard InChI is InChI=1S/C15H12BrCl2NO2/c1-8-4-13(18)14(6-12(8)17)19-7-10-3-2-9(15(20)21)5-11(10)16/h2-6,19H,7H2,1H3,(H,20,21). The van der Waals surface area contributed by atoms with Crippen molar-refractivity contribution in [3.63, 3.8) is 0 Å². The largest absolute Gasteiger partial charge is 0.478 e. The summed E-state index contributed by atoms with van der Waals surface area (Å²) in [5.41, 5.74) is 2.82. The summed E-state index contributed by atoms with van der Waals surface area (Å²) < 4.78 is 0.726. The molecule has 0 amide bonds. The third-order valence-electron chi connectivity index (χ3n) is 3.02. The highest BCUT2D eigenvalue weighted by atomic mass is 79.9. The van der Waals surface area contributed by atoms with Gasteiger partial charge in [-0.3, -0.25) is 0 Å². The van der Waals surface area contributed by atoms with Crippen LogP contribution in [0.5, 0.6) is 0 Å². The van der Waals surface area contributed by atoms with E-state index in [1.165, 1.54) is 0 Å². The number of aromatic carboxylic acids is 1. The molecule has 0 aliphatic heterocycles. The number of hydrogen-bond acceptors (Lipinski definition) is 2. The van der Waals surface area contributed by atoms with E-state index in [1.54, 1.807) is 30.3 Å². The first-order valence-corrected chi connectivity index (χ1v) is 7.64. The summed E-state index contributed by atoms with van der Waals surface area (Å²) in [5, 5.41) is 13.4. The molecule has 2 rings (SSSR count). The van der Waals surface area contributed by atoms with E-state index in [0.29, 0.717) is 16.6 Å². The molecule has 0 fully saturated rings. The average molecular weight is 389 g/mol. The van der Waals surface area contributed by atoms with Crippen LogP contribution in [0.3, 0.4) is 0 Å². The molecule has 0 bridgehead atoms. The van der Waals surface area contributed by atoms with Crippen molar-refractivity contribution in [2.45, 2.75) is 13.5 Å². The number of carbonyl (C=O) groups is 1. The maximum Gasteiger partial charge on any atom is 0.335 e. The van der Waals surface area contributed by atoms with Crippen LogP contribution in [-0.4, -0.2) is 11.1 Å². The van der Waals surface area contributed by atoms with Gasteiger partial charge in [-0.2, -0.15) is 0 Å². The van der Waals surface area contributed by atoms with Gasteiger partial charge in [0, 0.05) is 16.0 Å². The van der Waals surface area contributed by atoms with Crippen molar-refractivity contribution in [2.24, 2.45) is 0 Å². The summed E-state index contributed by atoms with van der Waals surface area (Å²) in [7, 11) is 0. The zero-order valence-corrected chi connectivity index (χ0v) is 14.2. The fourth-order valence-electron chi connectivity index (χ4n) is 1.80. The minimum atomic E-state index is -0.955. The molecule has 21 heavy (non-hydrogen) atoms. The lowest BCUT2D eigenvalue weighted by Crippen LogP contribution is -2.03. The van der Waals surface area contributed by atoms with Crippen molar-refractivity contribution in [2.75, 3.05) is 5.32 Å². The van der Waals surface area contributed by atoms with Crippen molar-refractivity contribution in [3.8, 4) is 0 Å². The van der Waals surface area contributed by atoms with Crippen LogP contribution in [0.4, 0.5) is 5.69 Å². The van der Waals surface area contributed by atoms with Crippen molar-refractivity contribution >= 4 is 50.8 Å². The van der Waals surface area contributed by atoms with Gasteiger partial charge in [0.2, 0.25) is 0 Å². The SMILES string of the molecule is Cc1cc(Cl)c(NCc2ccc(C(=O)O)cc2Br)cc1Cl. The highest BCUT2D eigenvalue weighted by Crippen LogP contribution is 2.29. The first-order valence-electron chi connectivity index (χ1n) is 6.09. The van der Waals surface area contributed by atoms with Gasteiger partial charge in [-0.05, 0) is 42.3 Å². The lowest BCUT2D eigenvalue weighted by molar-refractivity contribution is 0.0697. The number of hydrogen-bond donors (Lipinski definition) is 2. The maximum absolute atomic E-state index is 10.9. The molecule has 110 valence electrons. The fourth-order valence-corrected chi connectivity index (χ4v) is 2.76. The molecule has 0 spiro atoms. The highest BCUT2D eigenvalue weighted by Gasteiger charge is 2.08. The number of carboxylic acids is 1. The number of benzene rings is 2. The molecule has 0 heterocycles. The number of carboxylic acid groups (broad SMARTS) is 1. The normalized spacial score (nSPS) is 10.5. The topological polar surface area (TPSA) is 49.3 Å². The fraction of sp³-hybridized carbons (Fsp3) is 0.133. The van der Waals surface area contributed by atoms with Crippen LogP contribution in [0.25, 0.3) is 0 Å². The van der Waals surface area contributed by atoms with Crippen molar-refractivity contribution in [3.05, 3.63) is 61.5 Å². The third kappa shape index (κ3) is 3.90. The molecule has 2 aromatic carbocycles. The first kappa shape index (κ1) is 16.1. The summed E-state index contributed by atoms with van der Waals surface area (Å²) in [5.74, 6) is -0.955. The number of halogens is 3. The minimum Gasteiger partial charge on any atom is -0.478 e. The number of aryl methyl sites for hydroxylation is 1. The van der Waals surface area contributed by atoms with E-state index >= 15 is 0 Å². The van der Waals surface area contributed by atoms with Crippen LogP contribution in [0.15, 0.2) is 34.8 Å². The van der Waals surface area contributed by atoms with Crippen molar-refractivity contribution in [1.82, 2.24) is 0 Å². The zero-order chi connectivity index (χ0) is 15.6. The summed E-state index contributed by atoms with van der Waals surface area (Å²) in [6.45, 7) is 2.39. The van der Waals surface area contributed by atoms with E-state index in [-0.39, 0.29) is 5.56 Å². The van der Waals surface area contributed by atoms with Gasteiger partial charge in [0.25, 0.3) is 0 Å². The Hall–Kier alpha value is -1.23. The van der Waals surface area contributed by atoms with Gasteiger partial charge in [0.05, 0.1) is 16.3 Å². The Balaban J connectivity index is 2.17. The molecular weight excluding hydrogens is 377 g/mol. The van der Waals surface area contributed by atoms with Crippen LogP contribution in [0.2, 0.25) is 10.0 Å². The van der Waals surface area contributed by atoms with Crippen molar-refractivity contribution in [1.29, 1.82) is 0 Å². The van der Waals surface area contributed by atoms with E-state index in [1.807, 2.05) is 6.92 Å². The van der Waals surface area contributed by atoms with Gasteiger partial charge in [0.15, 0.2) is 0 Å². The molecule has 0 saturated heterocycles. The highest BCUT2D eigenvalue weighted by molar-refractivity contribution is 9.10. The van der Waals surface area contributed by atoms with Crippen LogP contribution in [0.1, 0.15) is 21.5 Å². The van der Waals surface area contributed by atoms with Gasteiger partial charge in [-0.1, -0.05) is 45.2 Å². The van der Waals surface area contributed by atoms with Gasteiger partial charge < -0.3 is 10.4 Å². The van der Waals surface area contributed by atoms with Gasteiger partial charge in [0.1, 0.15) is 0 Å². The summed E-state index contributed by atoms with van der Waals surface area (Å²) >= 11 is 15.6. The summed E-state index contributed by atoms with van der Waals surface area (Å²) in [4.78, 5) is 10.9. The Morgan fingerprint density at radius 3 is 2.57 bits per heavy atom. The Kier molecular flexibility index (Phi) is 5.14. The smallest absolute Gasteiger partial charge is 0.335 e. The van der Waals surface area contributed by atoms with Gasteiger partial charge in [-0.15, -0.1) is 0 Å². The molecule has 0 aromatic heterocycles. The number of rotatable bonds is 4. The molecule has 0 atom stereocenters. The maximum atomic E-state index is 10.9. The quantitative estimate of drug-likeness (QED) is 0.739. The first-order chi connectivity index (χ1) is 9.88. The molecular formula is C15H12BrCl2NO2. The molecule has 0 aliphatic rings. The lowest BCUT2D eigenvalue weighted by atomic mass is 10.1. The van der Waals surface area contributed by atoms with Crippen LogP contribution in [0, 0.1) is 6.92 Å². The summed E-state index contributed by atoms with van der Waals surface area (Å²) in [6, 6.07) is 8.47. The van der Waals surface area contributed by atoms with Gasteiger partial charge in [-0.25, -0.2) is 4.79 Å². The van der Waals surface area contributed by atoms with E-state index in [9.17, 15) is 4.79 Å². The van der Waals surface area contributed by atoms with Gasteiger partial charge >= 0.3 is 5.97 Å². The molecule has 0 unspecified atom stereocenters.